The number of nitrogens with one attached hydrogen (secondary N) is 1. The summed E-state index contributed by atoms with van der Waals surface area (Å²) in [4.78, 5) is 28.5. The molecule has 0 atom stereocenters. The maximum Gasteiger partial charge on any atom is 0.322 e. The Labute approximate surface area is 130 Å². The minimum Gasteiger partial charge on any atom is -0.292 e. The molecule has 1 aromatic carbocycles. The molecule has 7 nitrogen and oxygen atoms in total. The van der Waals surface area contributed by atoms with Crippen molar-refractivity contribution in [3.05, 3.63) is 34.6 Å². The molecule has 3 rings (SSSR count). The number of imidazole rings is 1. The molecular formula is C14H13N5O2S. The molecule has 0 radical (unpaired) electrons. The Balaban J connectivity index is 1.91. The number of anilines is 1. The molecule has 0 aliphatic carbocycles. The van der Waals surface area contributed by atoms with E-state index >= 15 is 0 Å². The summed E-state index contributed by atoms with van der Waals surface area (Å²) in [5, 5.41) is 11.0. The van der Waals surface area contributed by atoms with E-state index in [2.05, 4.69) is 20.5 Å². The first-order valence-electron chi connectivity index (χ1n) is 6.56. The average molecular weight is 315 g/mol. The van der Waals surface area contributed by atoms with Gasteiger partial charge in [-0.15, -0.1) is 10.2 Å². The summed E-state index contributed by atoms with van der Waals surface area (Å²) in [6.07, 6.45) is 1.36. The standard InChI is InChI=1S/C14H13N5O2S/c1-7-4-10-11(5-8(7)2)19(6-15-10)13(21)12(20)16-14-18-17-9(3)22-14/h4-6H,1-3H3,(H,16,18,20). The van der Waals surface area contributed by atoms with Gasteiger partial charge in [-0.3, -0.25) is 19.5 Å². The number of nitrogens with zero attached hydrogens (tertiary/aromatic N) is 4. The second-order valence-corrected chi connectivity index (χ2v) is 6.11. The zero-order chi connectivity index (χ0) is 15.9. The Kier molecular flexibility index (Phi) is 3.45. The van der Waals surface area contributed by atoms with Gasteiger partial charge in [0.2, 0.25) is 5.13 Å². The fourth-order valence-corrected chi connectivity index (χ4v) is 2.62. The van der Waals surface area contributed by atoms with Gasteiger partial charge in [-0.1, -0.05) is 11.3 Å². The number of amides is 1. The molecule has 0 fully saturated rings. The maximum absolute atomic E-state index is 12.3. The van der Waals surface area contributed by atoms with E-state index < -0.39 is 11.8 Å². The zero-order valence-electron chi connectivity index (χ0n) is 12.2. The lowest BCUT2D eigenvalue weighted by Gasteiger charge is -2.04. The molecular weight excluding hydrogens is 302 g/mol. The van der Waals surface area contributed by atoms with Gasteiger partial charge >= 0.3 is 11.8 Å². The van der Waals surface area contributed by atoms with E-state index in [4.69, 9.17) is 0 Å². The first-order chi connectivity index (χ1) is 10.5. The SMILES string of the molecule is Cc1nnc(NC(=O)C(=O)n2cnc3cc(C)c(C)cc32)s1. The van der Waals surface area contributed by atoms with Crippen molar-refractivity contribution in [3.8, 4) is 0 Å². The van der Waals surface area contributed by atoms with Gasteiger partial charge in [0, 0.05) is 0 Å². The largest absolute Gasteiger partial charge is 0.322 e. The van der Waals surface area contributed by atoms with Crippen LogP contribution in [0, 0.1) is 20.8 Å². The molecule has 1 N–H and O–H groups in total. The van der Waals surface area contributed by atoms with Gasteiger partial charge in [0.05, 0.1) is 11.0 Å². The summed E-state index contributed by atoms with van der Waals surface area (Å²) in [5.41, 5.74) is 3.40. The number of rotatable bonds is 1. The highest BCUT2D eigenvalue weighted by Gasteiger charge is 2.20. The van der Waals surface area contributed by atoms with Crippen molar-refractivity contribution in [3.63, 3.8) is 0 Å². The van der Waals surface area contributed by atoms with Gasteiger partial charge in [0.1, 0.15) is 11.3 Å². The van der Waals surface area contributed by atoms with Gasteiger partial charge in [-0.05, 0) is 44.0 Å². The van der Waals surface area contributed by atoms with E-state index in [-0.39, 0.29) is 0 Å². The van der Waals surface area contributed by atoms with E-state index in [1.807, 2.05) is 26.0 Å². The van der Waals surface area contributed by atoms with Crippen molar-refractivity contribution in [2.24, 2.45) is 0 Å². The van der Waals surface area contributed by atoms with Crippen LogP contribution in [0.1, 0.15) is 20.9 Å². The second-order valence-electron chi connectivity index (χ2n) is 4.93. The summed E-state index contributed by atoms with van der Waals surface area (Å²) in [7, 11) is 0. The van der Waals surface area contributed by atoms with E-state index in [0.717, 1.165) is 11.1 Å². The number of benzene rings is 1. The highest BCUT2D eigenvalue weighted by Crippen LogP contribution is 2.19. The van der Waals surface area contributed by atoms with E-state index in [1.165, 1.54) is 22.2 Å². The first-order valence-corrected chi connectivity index (χ1v) is 7.37. The Morgan fingerprint density at radius 1 is 1.14 bits per heavy atom. The number of aryl methyl sites for hydroxylation is 3. The third-order valence-electron chi connectivity index (χ3n) is 3.32. The number of hydrogen-bond donors (Lipinski definition) is 1. The molecule has 1 amide bonds. The molecule has 0 bridgehead atoms. The molecule has 0 saturated heterocycles. The molecule has 2 heterocycles. The highest BCUT2D eigenvalue weighted by molar-refractivity contribution is 7.15. The van der Waals surface area contributed by atoms with Crippen LogP contribution < -0.4 is 5.32 Å². The third-order valence-corrected chi connectivity index (χ3v) is 4.08. The average Bonchev–Trinajstić information content (AvgIpc) is 3.05. The predicted molar refractivity (Wildman–Crippen MR) is 83.1 cm³/mol. The van der Waals surface area contributed by atoms with Crippen LogP contribution in [0.4, 0.5) is 5.13 Å². The van der Waals surface area contributed by atoms with Crippen molar-refractivity contribution in [2.75, 3.05) is 5.32 Å². The van der Waals surface area contributed by atoms with Crippen molar-refractivity contribution in [2.45, 2.75) is 20.8 Å². The smallest absolute Gasteiger partial charge is 0.292 e. The van der Waals surface area contributed by atoms with Gasteiger partial charge in [0.15, 0.2) is 0 Å². The van der Waals surface area contributed by atoms with Crippen LogP contribution in [0.2, 0.25) is 0 Å². The molecule has 0 spiro atoms. The molecule has 0 saturated carbocycles. The number of aromatic nitrogens is 4. The van der Waals surface area contributed by atoms with Crippen LogP contribution in [0.25, 0.3) is 11.0 Å². The van der Waals surface area contributed by atoms with Gasteiger partial charge in [0.25, 0.3) is 0 Å². The highest BCUT2D eigenvalue weighted by atomic mass is 32.1. The van der Waals surface area contributed by atoms with Gasteiger partial charge < -0.3 is 0 Å². The summed E-state index contributed by atoms with van der Waals surface area (Å²) in [6.45, 7) is 5.68. The van der Waals surface area contributed by atoms with Crippen molar-refractivity contribution < 1.29 is 9.59 Å². The molecule has 8 heteroatoms. The summed E-state index contributed by atoms with van der Waals surface area (Å²) in [6, 6.07) is 3.73. The monoisotopic (exact) mass is 315 g/mol. The minimum absolute atomic E-state index is 0.298. The van der Waals surface area contributed by atoms with Crippen molar-refractivity contribution in [1.29, 1.82) is 0 Å². The summed E-state index contributed by atoms with van der Waals surface area (Å²) < 4.78 is 1.24. The normalized spacial score (nSPS) is 10.9. The number of hydrogen-bond acceptors (Lipinski definition) is 6. The predicted octanol–water partition coefficient (Wildman–Crippen LogP) is 2.09. The van der Waals surface area contributed by atoms with E-state index in [0.29, 0.717) is 21.2 Å². The quantitative estimate of drug-likeness (QED) is 0.694. The number of carbonyl (C=O) groups excluding carboxylic acids is 2. The Hall–Kier alpha value is -2.61. The second kappa shape index (κ2) is 5.30. The topological polar surface area (TPSA) is 89.8 Å². The summed E-state index contributed by atoms with van der Waals surface area (Å²) >= 11 is 1.21. The maximum atomic E-state index is 12.3. The number of carbonyl (C=O) groups is 2. The third kappa shape index (κ3) is 2.48. The van der Waals surface area contributed by atoms with E-state index in [9.17, 15) is 9.59 Å². The van der Waals surface area contributed by atoms with Crippen molar-refractivity contribution in [1.82, 2.24) is 19.7 Å². The molecule has 3 aromatic rings. The van der Waals surface area contributed by atoms with E-state index in [1.54, 1.807) is 6.92 Å². The molecule has 0 aliphatic rings. The first kappa shape index (κ1) is 14.3. The van der Waals surface area contributed by atoms with Crippen LogP contribution in [0.3, 0.4) is 0 Å². The number of fused-ring (bicyclic) bond motifs is 1. The van der Waals surface area contributed by atoms with Crippen LogP contribution in [0.5, 0.6) is 0 Å². The Bertz CT molecular complexity index is 896. The van der Waals surface area contributed by atoms with Crippen LogP contribution in [0.15, 0.2) is 18.5 Å². The molecule has 0 unspecified atom stereocenters. The Morgan fingerprint density at radius 3 is 2.55 bits per heavy atom. The fourth-order valence-electron chi connectivity index (χ4n) is 2.03. The molecule has 22 heavy (non-hydrogen) atoms. The molecule has 112 valence electrons. The summed E-state index contributed by atoms with van der Waals surface area (Å²) in [5.74, 6) is -1.48. The minimum atomic E-state index is -0.770. The van der Waals surface area contributed by atoms with Gasteiger partial charge in [-0.25, -0.2) is 4.98 Å². The zero-order valence-corrected chi connectivity index (χ0v) is 13.1. The van der Waals surface area contributed by atoms with Crippen molar-refractivity contribution >= 4 is 39.3 Å². The van der Waals surface area contributed by atoms with Crippen LogP contribution >= 0.6 is 11.3 Å². The Morgan fingerprint density at radius 2 is 1.86 bits per heavy atom. The molecule has 0 aliphatic heterocycles. The lowest BCUT2D eigenvalue weighted by atomic mass is 10.1. The molecule has 2 aromatic heterocycles. The lowest BCUT2D eigenvalue weighted by Crippen LogP contribution is -2.27. The van der Waals surface area contributed by atoms with Gasteiger partial charge in [-0.2, -0.15) is 0 Å². The van der Waals surface area contributed by atoms with Crippen LogP contribution in [-0.4, -0.2) is 31.6 Å². The van der Waals surface area contributed by atoms with Crippen LogP contribution in [-0.2, 0) is 4.79 Å². The lowest BCUT2D eigenvalue weighted by molar-refractivity contribution is -0.112. The fraction of sp³-hybridized carbons (Fsp3) is 0.214.